The average molecular weight is 445 g/mol. The quantitative estimate of drug-likeness (QED) is 0.385. The lowest BCUT2D eigenvalue weighted by atomic mass is 9.98. The molecule has 1 fully saturated rings. The predicted octanol–water partition coefficient (Wildman–Crippen LogP) is 6.38. The van der Waals surface area contributed by atoms with Crippen LogP contribution >= 0.6 is 12.4 Å². The normalized spacial score (nSPS) is 16.5. The van der Waals surface area contributed by atoms with Crippen LogP contribution in [0.5, 0.6) is 0 Å². The van der Waals surface area contributed by atoms with E-state index in [2.05, 4.69) is 70.5 Å². The molecule has 1 aliphatic rings. The van der Waals surface area contributed by atoms with E-state index in [0.717, 1.165) is 39.0 Å². The van der Waals surface area contributed by atoms with Gasteiger partial charge in [0.05, 0.1) is 5.92 Å². The van der Waals surface area contributed by atoms with Gasteiger partial charge in [-0.05, 0) is 63.0 Å². The molecule has 5 heteroatoms. The number of para-hydroxylation sites is 2. The van der Waals surface area contributed by atoms with Gasteiger partial charge in [-0.3, -0.25) is 4.79 Å². The molecule has 3 rings (SSSR count). The smallest absolute Gasteiger partial charge is 0.307 e. The van der Waals surface area contributed by atoms with Crippen LogP contribution in [-0.2, 0) is 4.79 Å². The van der Waals surface area contributed by atoms with Gasteiger partial charge in [0.25, 0.3) is 0 Å². The van der Waals surface area contributed by atoms with Crippen LogP contribution in [0, 0.1) is 5.92 Å². The van der Waals surface area contributed by atoms with Gasteiger partial charge in [-0.1, -0.05) is 62.1 Å². The molecule has 31 heavy (non-hydrogen) atoms. The summed E-state index contributed by atoms with van der Waals surface area (Å²) in [6, 6.07) is 21.3. The zero-order chi connectivity index (χ0) is 21.0. The van der Waals surface area contributed by atoms with Crippen molar-refractivity contribution in [2.24, 2.45) is 5.92 Å². The molecule has 2 aromatic carbocycles. The molecule has 170 valence electrons. The van der Waals surface area contributed by atoms with Gasteiger partial charge in [0.1, 0.15) is 0 Å². The summed E-state index contributed by atoms with van der Waals surface area (Å²) in [6.07, 6.45) is 9.28. The number of carbonyl (C=O) groups is 1. The maximum Gasteiger partial charge on any atom is 0.307 e. The van der Waals surface area contributed by atoms with Crippen LogP contribution in [0.25, 0.3) is 0 Å². The van der Waals surface area contributed by atoms with Crippen LogP contribution in [0.15, 0.2) is 60.7 Å². The van der Waals surface area contributed by atoms with Crippen molar-refractivity contribution in [3.63, 3.8) is 0 Å². The number of likely N-dealkylation sites (tertiary alicyclic amines) is 1. The highest BCUT2D eigenvalue weighted by Gasteiger charge is 2.24. The maximum absolute atomic E-state index is 11.2. The van der Waals surface area contributed by atoms with E-state index in [1.807, 2.05) is 0 Å². The summed E-state index contributed by atoms with van der Waals surface area (Å²) in [7, 11) is 0. The number of unbranched alkanes of at least 4 members (excludes halogenated alkanes) is 5. The monoisotopic (exact) mass is 444 g/mol. The molecule has 0 spiro atoms. The first-order valence-corrected chi connectivity index (χ1v) is 11.6. The molecule has 1 aliphatic heterocycles. The average Bonchev–Trinajstić information content (AvgIpc) is 2.79. The van der Waals surface area contributed by atoms with Crippen LogP contribution in [-0.4, -0.2) is 42.2 Å². The summed E-state index contributed by atoms with van der Waals surface area (Å²) < 4.78 is 0. The number of piperidine rings is 1. The van der Waals surface area contributed by atoms with E-state index >= 15 is 0 Å². The Balaban J connectivity index is 0.00000341. The number of rotatable bonds is 12. The number of hydrogen-bond acceptors (Lipinski definition) is 3. The van der Waals surface area contributed by atoms with Crippen molar-refractivity contribution in [3.05, 3.63) is 60.7 Å². The molecular weight excluding hydrogens is 408 g/mol. The van der Waals surface area contributed by atoms with E-state index in [9.17, 15) is 9.90 Å². The standard InChI is InChI=1S/C26H36N2O2.ClH/c29-26(30)23-14-13-20-27(22-23)19-11-3-1-2-4-12-21-28(24-15-7-5-8-16-24)25-17-9-6-10-18-25;/h5-10,15-18,23H,1-4,11-14,19-22H2,(H,29,30);1H/t23-;/m1./s1. The number of anilines is 2. The number of benzene rings is 2. The Bertz CT molecular complexity index is 702. The summed E-state index contributed by atoms with van der Waals surface area (Å²) in [4.78, 5) is 15.9. The van der Waals surface area contributed by atoms with E-state index < -0.39 is 5.97 Å². The van der Waals surface area contributed by atoms with Gasteiger partial charge in [0.15, 0.2) is 0 Å². The zero-order valence-electron chi connectivity index (χ0n) is 18.5. The summed E-state index contributed by atoms with van der Waals surface area (Å²) in [5, 5.41) is 9.20. The Hall–Kier alpha value is -2.04. The Kier molecular flexibility index (Phi) is 11.5. The molecule has 0 radical (unpaired) electrons. The largest absolute Gasteiger partial charge is 0.481 e. The Morgan fingerprint density at radius 2 is 1.42 bits per heavy atom. The summed E-state index contributed by atoms with van der Waals surface area (Å²) >= 11 is 0. The van der Waals surface area contributed by atoms with Gasteiger partial charge in [0, 0.05) is 24.5 Å². The third-order valence-electron chi connectivity index (χ3n) is 6.10. The summed E-state index contributed by atoms with van der Waals surface area (Å²) in [6.45, 7) is 3.90. The predicted molar refractivity (Wildman–Crippen MR) is 132 cm³/mol. The zero-order valence-corrected chi connectivity index (χ0v) is 19.3. The molecule has 2 aromatic rings. The second kappa shape index (κ2) is 14.1. The van der Waals surface area contributed by atoms with Crippen molar-refractivity contribution < 1.29 is 9.90 Å². The maximum atomic E-state index is 11.2. The molecule has 1 N–H and O–H groups in total. The van der Waals surface area contributed by atoms with Crippen LogP contribution < -0.4 is 4.90 Å². The molecule has 0 aromatic heterocycles. The van der Waals surface area contributed by atoms with Crippen molar-refractivity contribution in [1.82, 2.24) is 4.90 Å². The first-order chi connectivity index (χ1) is 14.7. The highest BCUT2D eigenvalue weighted by Crippen LogP contribution is 2.25. The number of halogens is 1. The molecule has 1 heterocycles. The van der Waals surface area contributed by atoms with E-state index in [-0.39, 0.29) is 18.3 Å². The third kappa shape index (κ3) is 8.54. The van der Waals surface area contributed by atoms with Crippen molar-refractivity contribution in [2.45, 2.75) is 51.4 Å². The lowest BCUT2D eigenvalue weighted by molar-refractivity contribution is -0.143. The fourth-order valence-electron chi connectivity index (χ4n) is 4.40. The van der Waals surface area contributed by atoms with Crippen LogP contribution in [0.4, 0.5) is 11.4 Å². The Morgan fingerprint density at radius 3 is 2.00 bits per heavy atom. The number of hydrogen-bond donors (Lipinski definition) is 1. The van der Waals surface area contributed by atoms with Gasteiger partial charge < -0.3 is 14.9 Å². The van der Waals surface area contributed by atoms with Crippen LogP contribution in [0.1, 0.15) is 51.4 Å². The van der Waals surface area contributed by atoms with Crippen molar-refractivity contribution >= 4 is 29.8 Å². The lowest BCUT2D eigenvalue weighted by Crippen LogP contribution is -2.39. The highest BCUT2D eigenvalue weighted by atomic mass is 35.5. The van der Waals surface area contributed by atoms with E-state index in [1.54, 1.807) is 0 Å². The summed E-state index contributed by atoms with van der Waals surface area (Å²) in [5.41, 5.74) is 2.51. The Labute approximate surface area is 193 Å². The highest BCUT2D eigenvalue weighted by molar-refractivity contribution is 5.85. The molecular formula is C26H37ClN2O2. The van der Waals surface area contributed by atoms with Crippen LogP contribution in [0.2, 0.25) is 0 Å². The lowest BCUT2D eigenvalue weighted by Gasteiger charge is -2.30. The fraction of sp³-hybridized carbons (Fsp3) is 0.500. The van der Waals surface area contributed by atoms with Gasteiger partial charge >= 0.3 is 5.97 Å². The molecule has 0 saturated carbocycles. The molecule has 0 unspecified atom stereocenters. The third-order valence-corrected chi connectivity index (χ3v) is 6.10. The number of carboxylic acids is 1. The minimum Gasteiger partial charge on any atom is -0.481 e. The van der Waals surface area contributed by atoms with E-state index in [0.29, 0.717) is 0 Å². The fourth-order valence-corrected chi connectivity index (χ4v) is 4.40. The summed E-state index contributed by atoms with van der Waals surface area (Å²) in [5.74, 6) is -0.782. The SMILES string of the molecule is Cl.O=C(O)[C@@H]1CCCN(CCCCCCCCN(c2ccccc2)c2ccccc2)C1. The molecule has 0 amide bonds. The van der Waals surface area contributed by atoms with Gasteiger partial charge in [0.2, 0.25) is 0 Å². The topological polar surface area (TPSA) is 43.8 Å². The molecule has 1 atom stereocenters. The second-order valence-electron chi connectivity index (χ2n) is 8.42. The molecule has 0 aliphatic carbocycles. The van der Waals surface area contributed by atoms with Crippen molar-refractivity contribution in [3.8, 4) is 0 Å². The van der Waals surface area contributed by atoms with E-state index in [1.165, 1.54) is 49.9 Å². The van der Waals surface area contributed by atoms with Gasteiger partial charge in [-0.25, -0.2) is 0 Å². The van der Waals surface area contributed by atoms with Crippen molar-refractivity contribution in [2.75, 3.05) is 31.1 Å². The minimum absolute atomic E-state index is 0. The number of carboxylic acid groups (broad SMARTS) is 1. The minimum atomic E-state index is -0.625. The van der Waals surface area contributed by atoms with Gasteiger partial charge in [-0.15, -0.1) is 12.4 Å². The second-order valence-corrected chi connectivity index (χ2v) is 8.42. The van der Waals surface area contributed by atoms with Crippen molar-refractivity contribution in [1.29, 1.82) is 0 Å². The van der Waals surface area contributed by atoms with Gasteiger partial charge in [-0.2, -0.15) is 0 Å². The molecule has 0 bridgehead atoms. The van der Waals surface area contributed by atoms with E-state index in [4.69, 9.17) is 0 Å². The number of aliphatic carboxylic acids is 1. The first kappa shape index (κ1) is 25.2. The molecule has 4 nitrogen and oxygen atoms in total. The Morgan fingerprint density at radius 1 is 0.871 bits per heavy atom. The molecule has 1 saturated heterocycles. The number of nitrogens with zero attached hydrogens (tertiary/aromatic N) is 2. The van der Waals surface area contributed by atoms with Crippen LogP contribution in [0.3, 0.4) is 0 Å². The first-order valence-electron chi connectivity index (χ1n) is 11.6.